The number of hydrogen-bond acceptors (Lipinski definition) is 4. The van der Waals surface area contributed by atoms with E-state index in [2.05, 4.69) is 4.72 Å². The van der Waals surface area contributed by atoms with E-state index in [-0.39, 0.29) is 10.9 Å². The van der Waals surface area contributed by atoms with Gasteiger partial charge in [-0.3, -0.25) is 0 Å². The molecule has 23 heavy (non-hydrogen) atoms. The fourth-order valence-corrected chi connectivity index (χ4v) is 3.68. The Morgan fingerprint density at radius 2 is 1.70 bits per heavy atom. The smallest absolute Gasteiger partial charge is 0.241 e. The molecule has 0 unspecified atom stereocenters. The van der Waals surface area contributed by atoms with Crippen molar-refractivity contribution in [1.29, 1.82) is 0 Å². The average Bonchev–Trinajstić information content (AvgIpc) is 2.54. The van der Waals surface area contributed by atoms with Crippen molar-refractivity contribution in [1.82, 2.24) is 4.72 Å². The Kier molecular flexibility index (Phi) is 4.48. The van der Waals surface area contributed by atoms with Crippen LogP contribution in [0.25, 0.3) is 0 Å². The summed E-state index contributed by atoms with van der Waals surface area (Å²) in [6.45, 7) is 2.65. The molecule has 7 heteroatoms. The van der Waals surface area contributed by atoms with Gasteiger partial charge in [-0.1, -0.05) is 23.7 Å². The van der Waals surface area contributed by atoms with Crippen LogP contribution in [0.3, 0.4) is 0 Å². The summed E-state index contributed by atoms with van der Waals surface area (Å²) < 4.78 is 38.5. The quantitative estimate of drug-likeness (QED) is 0.917. The van der Waals surface area contributed by atoms with Crippen LogP contribution in [0.4, 0.5) is 0 Å². The zero-order valence-corrected chi connectivity index (χ0v) is 14.0. The highest BCUT2D eigenvalue weighted by atomic mass is 35.5. The molecule has 3 rings (SSSR count). The standard InChI is InChI=1S/C16H16ClNO4S/c1-11(12-2-4-13(17)5-3-12)18-23(19,20)14-6-7-15-16(10-14)22-9-8-21-15/h2-7,10-11,18H,8-9H2,1H3/t11-/m0/s1. The Hall–Kier alpha value is -1.76. The van der Waals surface area contributed by atoms with Crippen LogP contribution in [0.1, 0.15) is 18.5 Å². The highest BCUT2D eigenvalue weighted by molar-refractivity contribution is 7.89. The first-order valence-electron chi connectivity index (χ1n) is 7.13. The third-order valence-corrected chi connectivity index (χ3v) is 5.32. The molecule has 1 N–H and O–H groups in total. The van der Waals surface area contributed by atoms with Gasteiger partial charge in [0.15, 0.2) is 11.5 Å². The van der Waals surface area contributed by atoms with Gasteiger partial charge in [0.1, 0.15) is 13.2 Å². The highest BCUT2D eigenvalue weighted by Gasteiger charge is 2.21. The van der Waals surface area contributed by atoms with E-state index in [1.807, 2.05) is 0 Å². The minimum absolute atomic E-state index is 0.141. The second-order valence-electron chi connectivity index (χ2n) is 5.20. The van der Waals surface area contributed by atoms with Crippen LogP contribution in [0.15, 0.2) is 47.4 Å². The van der Waals surface area contributed by atoms with E-state index in [1.54, 1.807) is 37.3 Å². The molecule has 0 saturated carbocycles. The van der Waals surface area contributed by atoms with E-state index in [0.717, 1.165) is 5.56 Å². The summed E-state index contributed by atoms with van der Waals surface area (Å²) in [4.78, 5) is 0.141. The summed E-state index contributed by atoms with van der Waals surface area (Å²) in [5.41, 5.74) is 0.829. The molecule has 5 nitrogen and oxygen atoms in total. The van der Waals surface area contributed by atoms with Crippen molar-refractivity contribution < 1.29 is 17.9 Å². The van der Waals surface area contributed by atoms with Crippen molar-refractivity contribution >= 4 is 21.6 Å². The number of rotatable bonds is 4. The van der Waals surface area contributed by atoms with E-state index in [0.29, 0.717) is 29.7 Å². The van der Waals surface area contributed by atoms with Crippen molar-refractivity contribution in [2.24, 2.45) is 0 Å². The maximum Gasteiger partial charge on any atom is 0.241 e. The van der Waals surface area contributed by atoms with Gasteiger partial charge >= 0.3 is 0 Å². The molecular weight excluding hydrogens is 338 g/mol. The molecule has 0 saturated heterocycles. The first kappa shape index (κ1) is 16.1. The summed E-state index contributed by atoms with van der Waals surface area (Å²) in [6.07, 6.45) is 0. The summed E-state index contributed by atoms with van der Waals surface area (Å²) >= 11 is 5.85. The predicted molar refractivity (Wildman–Crippen MR) is 87.6 cm³/mol. The molecule has 1 aliphatic rings. The SMILES string of the molecule is C[C@H](NS(=O)(=O)c1ccc2c(c1)OCCO2)c1ccc(Cl)cc1. The molecule has 0 radical (unpaired) electrons. The summed E-state index contributed by atoms with van der Waals surface area (Å²) in [5, 5.41) is 0.607. The maximum absolute atomic E-state index is 12.5. The Balaban J connectivity index is 1.82. The third kappa shape index (κ3) is 3.60. The van der Waals surface area contributed by atoms with Crippen LogP contribution < -0.4 is 14.2 Å². The van der Waals surface area contributed by atoms with Crippen molar-refractivity contribution in [3.8, 4) is 11.5 Å². The molecule has 1 atom stereocenters. The second kappa shape index (κ2) is 6.39. The minimum Gasteiger partial charge on any atom is -0.486 e. The normalized spacial score (nSPS) is 15.2. The molecule has 2 aromatic rings. The molecule has 1 heterocycles. The topological polar surface area (TPSA) is 64.6 Å². The van der Waals surface area contributed by atoms with Gasteiger partial charge in [0.25, 0.3) is 0 Å². The van der Waals surface area contributed by atoms with Crippen molar-refractivity contribution in [2.75, 3.05) is 13.2 Å². The van der Waals surface area contributed by atoms with Gasteiger partial charge in [-0.05, 0) is 36.8 Å². The van der Waals surface area contributed by atoms with E-state index < -0.39 is 10.0 Å². The average molecular weight is 354 g/mol. The van der Waals surface area contributed by atoms with Gasteiger partial charge in [0.05, 0.1) is 4.90 Å². The van der Waals surface area contributed by atoms with E-state index in [9.17, 15) is 8.42 Å². The number of ether oxygens (including phenoxy) is 2. The largest absolute Gasteiger partial charge is 0.486 e. The number of hydrogen-bond donors (Lipinski definition) is 1. The number of fused-ring (bicyclic) bond motifs is 1. The van der Waals surface area contributed by atoms with Crippen molar-refractivity contribution in [3.05, 3.63) is 53.1 Å². The Morgan fingerprint density at radius 1 is 1.04 bits per heavy atom. The maximum atomic E-state index is 12.5. The molecule has 0 bridgehead atoms. The zero-order valence-electron chi connectivity index (χ0n) is 12.5. The van der Waals surface area contributed by atoms with Crippen LogP contribution in [0.2, 0.25) is 5.02 Å². The Bertz CT molecular complexity index is 805. The molecule has 2 aromatic carbocycles. The van der Waals surface area contributed by atoms with Crippen LogP contribution in [-0.2, 0) is 10.0 Å². The Morgan fingerprint density at radius 3 is 2.39 bits per heavy atom. The van der Waals surface area contributed by atoms with Gasteiger partial charge in [-0.2, -0.15) is 0 Å². The molecule has 0 amide bonds. The highest BCUT2D eigenvalue weighted by Crippen LogP contribution is 2.32. The summed E-state index contributed by atoms with van der Waals surface area (Å²) in [5.74, 6) is 0.999. The first-order chi connectivity index (χ1) is 11.0. The predicted octanol–water partition coefficient (Wildman–Crippen LogP) is 3.15. The fourth-order valence-electron chi connectivity index (χ4n) is 2.31. The second-order valence-corrected chi connectivity index (χ2v) is 7.35. The van der Waals surface area contributed by atoms with Gasteiger partial charge in [0.2, 0.25) is 10.0 Å². The monoisotopic (exact) mass is 353 g/mol. The minimum atomic E-state index is -3.67. The number of halogens is 1. The lowest BCUT2D eigenvalue weighted by Crippen LogP contribution is -2.27. The van der Waals surface area contributed by atoms with Gasteiger partial charge in [-0.25, -0.2) is 13.1 Å². The molecule has 0 spiro atoms. The van der Waals surface area contributed by atoms with Crippen LogP contribution in [0.5, 0.6) is 11.5 Å². The third-order valence-electron chi connectivity index (χ3n) is 3.53. The van der Waals surface area contributed by atoms with Crippen LogP contribution >= 0.6 is 11.6 Å². The van der Waals surface area contributed by atoms with Crippen LogP contribution in [0, 0.1) is 0 Å². The van der Waals surface area contributed by atoms with Crippen LogP contribution in [-0.4, -0.2) is 21.6 Å². The fraction of sp³-hybridized carbons (Fsp3) is 0.250. The van der Waals surface area contributed by atoms with Gasteiger partial charge in [-0.15, -0.1) is 0 Å². The summed E-state index contributed by atoms with van der Waals surface area (Å²) in [7, 11) is -3.67. The van der Waals surface area contributed by atoms with Crippen molar-refractivity contribution in [3.63, 3.8) is 0 Å². The molecular formula is C16H16ClNO4S. The zero-order chi connectivity index (χ0) is 16.4. The van der Waals surface area contributed by atoms with E-state index >= 15 is 0 Å². The number of nitrogens with one attached hydrogen (secondary N) is 1. The molecule has 0 fully saturated rings. The van der Waals surface area contributed by atoms with Gasteiger partial charge < -0.3 is 9.47 Å². The lowest BCUT2D eigenvalue weighted by atomic mass is 10.1. The number of sulfonamides is 1. The lowest BCUT2D eigenvalue weighted by molar-refractivity contribution is 0.171. The van der Waals surface area contributed by atoms with E-state index in [4.69, 9.17) is 21.1 Å². The molecule has 1 aliphatic heterocycles. The first-order valence-corrected chi connectivity index (χ1v) is 8.99. The van der Waals surface area contributed by atoms with E-state index in [1.165, 1.54) is 12.1 Å². The Labute approximate surface area is 140 Å². The summed E-state index contributed by atoms with van der Waals surface area (Å²) in [6, 6.07) is 11.2. The van der Waals surface area contributed by atoms with Gasteiger partial charge in [0, 0.05) is 17.1 Å². The lowest BCUT2D eigenvalue weighted by Gasteiger charge is -2.20. The molecule has 122 valence electrons. The molecule has 0 aromatic heterocycles. The molecule has 0 aliphatic carbocycles. The number of benzene rings is 2. The van der Waals surface area contributed by atoms with Crippen molar-refractivity contribution in [2.45, 2.75) is 17.9 Å².